The van der Waals surface area contributed by atoms with Gasteiger partial charge in [0, 0.05) is 29.5 Å². The maximum atomic E-state index is 12.0. The summed E-state index contributed by atoms with van der Waals surface area (Å²) in [5.74, 6) is 0.176. The molecule has 18 heavy (non-hydrogen) atoms. The Morgan fingerprint density at radius 2 is 2.39 bits per heavy atom. The predicted molar refractivity (Wildman–Crippen MR) is 72.6 cm³/mol. The molecule has 1 amide bonds. The number of thiophene rings is 1. The van der Waals surface area contributed by atoms with E-state index in [1.807, 2.05) is 4.90 Å². The second-order valence-corrected chi connectivity index (χ2v) is 5.98. The molecule has 1 saturated heterocycles. The maximum Gasteiger partial charge on any atom is 0.238 e. The fourth-order valence-corrected chi connectivity index (χ4v) is 3.24. The van der Waals surface area contributed by atoms with Crippen molar-refractivity contribution in [3.63, 3.8) is 0 Å². The standard InChI is InChI=1S/C13H20N2O2S/c1-9(6-7-17-3)15-12(16)8-14-13(15)11-5-4-10(2)18-11/h4-5,9,13-14H,6-8H2,1-3H3. The van der Waals surface area contributed by atoms with Crippen molar-refractivity contribution in [1.29, 1.82) is 0 Å². The lowest BCUT2D eigenvalue weighted by molar-refractivity contribution is -0.130. The van der Waals surface area contributed by atoms with Gasteiger partial charge in [0.2, 0.25) is 5.91 Å². The van der Waals surface area contributed by atoms with E-state index >= 15 is 0 Å². The largest absolute Gasteiger partial charge is 0.385 e. The Kier molecular flexibility index (Phi) is 4.37. The summed E-state index contributed by atoms with van der Waals surface area (Å²) in [7, 11) is 1.69. The molecule has 1 aliphatic rings. The van der Waals surface area contributed by atoms with Crippen LogP contribution in [0.5, 0.6) is 0 Å². The lowest BCUT2D eigenvalue weighted by Gasteiger charge is -2.29. The van der Waals surface area contributed by atoms with Gasteiger partial charge in [-0.2, -0.15) is 0 Å². The molecule has 5 heteroatoms. The number of amides is 1. The molecule has 1 fully saturated rings. The van der Waals surface area contributed by atoms with E-state index in [0.29, 0.717) is 13.2 Å². The minimum Gasteiger partial charge on any atom is -0.385 e. The van der Waals surface area contributed by atoms with E-state index in [2.05, 4.69) is 31.3 Å². The van der Waals surface area contributed by atoms with Crippen LogP contribution in [0.4, 0.5) is 0 Å². The summed E-state index contributed by atoms with van der Waals surface area (Å²) >= 11 is 1.74. The minimum absolute atomic E-state index is 0.0306. The van der Waals surface area contributed by atoms with Crippen LogP contribution in [0.2, 0.25) is 0 Å². The zero-order chi connectivity index (χ0) is 13.1. The molecule has 2 unspecified atom stereocenters. The number of nitrogens with one attached hydrogen (secondary N) is 1. The fourth-order valence-electron chi connectivity index (χ4n) is 2.28. The topological polar surface area (TPSA) is 41.6 Å². The molecular weight excluding hydrogens is 248 g/mol. The number of methoxy groups -OCH3 is 1. The first-order valence-electron chi connectivity index (χ1n) is 6.23. The molecule has 4 nitrogen and oxygen atoms in total. The number of carbonyl (C=O) groups excluding carboxylic acids is 1. The quantitative estimate of drug-likeness (QED) is 0.887. The van der Waals surface area contributed by atoms with Gasteiger partial charge in [-0.15, -0.1) is 11.3 Å². The smallest absolute Gasteiger partial charge is 0.238 e. The van der Waals surface area contributed by atoms with Crippen molar-refractivity contribution >= 4 is 17.2 Å². The van der Waals surface area contributed by atoms with Crippen LogP contribution in [0.15, 0.2) is 12.1 Å². The zero-order valence-corrected chi connectivity index (χ0v) is 11.9. The van der Waals surface area contributed by atoms with Gasteiger partial charge in [-0.25, -0.2) is 0 Å². The van der Waals surface area contributed by atoms with Crippen LogP contribution < -0.4 is 5.32 Å². The summed E-state index contributed by atoms with van der Waals surface area (Å²) in [6, 6.07) is 4.40. The third kappa shape index (κ3) is 2.74. The first-order chi connectivity index (χ1) is 8.63. The average Bonchev–Trinajstić information content (AvgIpc) is 2.92. The fraction of sp³-hybridized carbons (Fsp3) is 0.615. The molecule has 1 aromatic heterocycles. The van der Waals surface area contributed by atoms with Gasteiger partial charge >= 0.3 is 0 Å². The van der Waals surface area contributed by atoms with Gasteiger partial charge in [0.25, 0.3) is 0 Å². The molecule has 0 aromatic carbocycles. The van der Waals surface area contributed by atoms with Crippen LogP contribution in [-0.2, 0) is 9.53 Å². The van der Waals surface area contributed by atoms with Gasteiger partial charge in [-0.3, -0.25) is 10.1 Å². The molecule has 0 bridgehead atoms. The van der Waals surface area contributed by atoms with Crippen molar-refractivity contribution in [3.8, 4) is 0 Å². The van der Waals surface area contributed by atoms with E-state index in [0.717, 1.165) is 6.42 Å². The van der Waals surface area contributed by atoms with Gasteiger partial charge in [0.1, 0.15) is 6.17 Å². The van der Waals surface area contributed by atoms with Gasteiger partial charge < -0.3 is 9.64 Å². The summed E-state index contributed by atoms with van der Waals surface area (Å²) in [4.78, 5) is 16.4. The molecule has 2 rings (SSSR count). The van der Waals surface area contributed by atoms with Gasteiger partial charge in [-0.05, 0) is 32.4 Å². The Labute approximate surface area is 112 Å². The number of carbonyl (C=O) groups is 1. The highest BCUT2D eigenvalue weighted by atomic mass is 32.1. The first-order valence-corrected chi connectivity index (χ1v) is 7.05. The van der Waals surface area contributed by atoms with Crippen molar-refractivity contribution in [1.82, 2.24) is 10.2 Å². The van der Waals surface area contributed by atoms with E-state index in [-0.39, 0.29) is 18.1 Å². The van der Waals surface area contributed by atoms with Crippen molar-refractivity contribution in [3.05, 3.63) is 21.9 Å². The number of aryl methyl sites for hydroxylation is 1. The third-order valence-corrected chi connectivity index (χ3v) is 4.31. The summed E-state index contributed by atoms with van der Waals surface area (Å²) in [6.07, 6.45) is 0.896. The molecule has 0 radical (unpaired) electrons. The lowest BCUT2D eigenvalue weighted by Crippen LogP contribution is -2.38. The molecule has 1 N–H and O–H groups in total. The highest BCUT2D eigenvalue weighted by Crippen LogP contribution is 2.30. The monoisotopic (exact) mass is 268 g/mol. The Morgan fingerprint density at radius 3 is 3.00 bits per heavy atom. The molecular formula is C13H20N2O2S. The van der Waals surface area contributed by atoms with Crippen molar-refractivity contribution in [2.75, 3.05) is 20.3 Å². The highest BCUT2D eigenvalue weighted by Gasteiger charge is 2.35. The minimum atomic E-state index is 0.0306. The number of hydrogen-bond acceptors (Lipinski definition) is 4. The normalized spacial score (nSPS) is 21.6. The maximum absolute atomic E-state index is 12.0. The third-order valence-electron chi connectivity index (χ3n) is 3.26. The van der Waals surface area contributed by atoms with Gasteiger partial charge in [0.05, 0.1) is 6.54 Å². The van der Waals surface area contributed by atoms with Crippen LogP contribution >= 0.6 is 11.3 Å². The lowest BCUT2D eigenvalue weighted by atomic mass is 10.2. The highest BCUT2D eigenvalue weighted by molar-refractivity contribution is 7.12. The Morgan fingerprint density at radius 1 is 1.61 bits per heavy atom. The molecule has 100 valence electrons. The molecule has 0 spiro atoms. The number of rotatable bonds is 5. The van der Waals surface area contributed by atoms with Crippen LogP contribution in [-0.4, -0.2) is 37.1 Å². The van der Waals surface area contributed by atoms with Crippen molar-refractivity contribution in [2.45, 2.75) is 32.5 Å². The molecule has 0 aliphatic carbocycles. The summed E-state index contributed by atoms with van der Waals surface area (Å²) < 4.78 is 5.10. The molecule has 1 aromatic rings. The van der Waals surface area contributed by atoms with Crippen LogP contribution in [0.25, 0.3) is 0 Å². The second-order valence-electron chi connectivity index (χ2n) is 4.66. The number of ether oxygens (including phenoxy) is 1. The average molecular weight is 268 g/mol. The summed E-state index contributed by atoms with van der Waals surface area (Å²) in [5.41, 5.74) is 0. The number of hydrogen-bond donors (Lipinski definition) is 1. The van der Waals surface area contributed by atoms with E-state index in [9.17, 15) is 4.79 Å². The first kappa shape index (κ1) is 13.5. The van der Waals surface area contributed by atoms with Crippen molar-refractivity contribution < 1.29 is 9.53 Å². The number of nitrogens with zero attached hydrogens (tertiary/aromatic N) is 1. The van der Waals surface area contributed by atoms with Gasteiger partial charge in [-0.1, -0.05) is 0 Å². The molecule has 2 heterocycles. The summed E-state index contributed by atoms with van der Waals surface area (Å²) in [6.45, 7) is 5.28. The van der Waals surface area contributed by atoms with Crippen LogP contribution in [0.1, 0.15) is 29.3 Å². The SMILES string of the molecule is COCCC(C)N1C(=O)CNC1c1ccc(C)s1. The second kappa shape index (κ2) is 5.82. The van der Waals surface area contributed by atoms with E-state index in [1.165, 1.54) is 9.75 Å². The Bertz CT molecular complexity index is 419. The van der Waals surface area contributed by atoms with Gasteiger partial charge in [0.15, 0.2) is 0 Å². The zero-order valence-electron chi connectivity index (χ0n) is 11.1. The van der Waals surface area contributed by atoms with Crippen molar-refractivity contribution in [2.24, 2.45) is 0 Å². The molecule has 2 atom stereocenters. The van der Waals surface area contributed by atoms with E-state index in [1.54, 1.807) is 18.4 Å². The van der Waals surface area contributed by atoms with Crippen LogP contribution in [0, 0.1) is 6.92 Å². The molecule has 1 aliphatic heterocycles. The Balaban J connectivity index is 2.12. The van der Waals surface area contributed by atoms with E-state index in [4.69, 9.17) is 4.74 Å². The predicted octanol–water partition coefficient (Wildman–Crippen LogP) is 1.91. The Hall–Kier alpha value is -0.910. The molecule has 0 saturated carbocycles. The summed E-state index contributed by atoms with van der Waals surface area (Å²) in [5, 5.41) is 3.29. The van der Waals surface area contributed by atoms with E-state index < -0.39 is 0 Å². The van der Waals surface area contributed by atoms with Crippen LogP contribution in [0.3, 0.4) is 0 Å².